The van der Waals surface area contributed by atoms with E-state index in [0.29, 0.717) is 10.2 Å². The van der Waals surface area contributed by atoms with Crippen molar-refractivity contribution in [1.82, 2.24) is 9.78 Å². The maximum absolute atomic E-state index is 12.3. The highest BCUT2D eigenvalue weighted by atomic mass is 79.9. The summed E-state index contributed by atoms with van der Waals surface area (Å²) in [6.45, 7) is 3.79. The Morgan fingerprint density at radius 1 is 1.43 bits per heavy atom. The van der Waals surface area contributed by atoms with E-state index in [1.54, 1.807) is 24.7 Å². The van der Waals surface area contributed by atoms with E-state index in [2.05, 4.69) is 26.3 Å². The second-order valence-corrected chi connectivity index (χ2v) is 5.94. The molecule has 0 aliphatic carbocycles. The lowest BCUT2D eigenvalue weighted by Gasteiger charge is -2.08. The summed E-state index contributed by atoms with van der Waals surface area (Å²) in [6, 6.07) is 4.61. The maximum atomic E-state index is 12.3. The molecule has 0 saturated heterocycles. The molecule has 0 atom stereocenters. The number of halogens is 2. The zero-order chi connectivity index (χ0) is 17.1. The lowest BCUT2D eigenvalue weighted by Crippen LogP contribution is -2.14. The van der Waals surface area contributed by atoms with Gasteiger partial charge in [-0.05, 0) is 48.0 Å². The van der Waals surface area contributed by atoms with E-state index in [4.69, 9.17) is 16.3 Å². The third-order valence-electron chi connectivity index (χ3n) is 3.20. The van der Waals surface area contributed by atoms with Crippen molar-refractivity contribution in [3.8, 4) is 0 Å². The number of benzene rings is 1. The number of amides is 1. The van der Waals surface area contributed by atoms with Crippen molar-refractivity contribution in [2.75, 3.05) is 11.9 Å². The molecular formula is C15H15BrClN3O3. The van der Waals surface area contributed by atoms with Gasteiger partial charge in [-0.25, -0.2) is 4.79 Å². The van der Waals surface area contributed by atoms with Gasteiger partial charge in [-0.3, -0.25) is 9.48 Å². The van der Waals surface area contributed by atoms with Gasteiger partial charge in [0.15, 0.2) is 5.69 Å². The SMILES string of the molecule is CCOC(=O)c1cc(NC(=O)c2nn(C)c(C)c2Br)ccc1Cl. The van der Waals surface area contributed by atoms with E-state index < -0.39 is 11.9 Å². The molecule has 1 N–H and O–H groups in total. The molecule has 0 saturated carbocycles. The molecule has 0 aliphatic heterocycles. The third kappa shape index (κ3) is 3.73. The molecule has 122 valence electrons. The van der Waals surface area contributed by atoms with Crippen LogP contribution >= 0.6 is 27.5 Å². The van der Waals surface area contributed by atoms with Gasteiger partial charge in [0.05, 0.1) is 27.4 Å². The Kier molecular flexibility index (Phi) is 5.43. The number of anilines is 1. The molecule has 1 aromatic heterocycles. The van der Waals surface area contributed by atoms with Gasteiger partial charge in [0, 0.05) is 12.7 Å². The van der Waals surface area contributed by atoms with Crippen LogP contribution in [0.5, 0.6) is 0 Å². The minimum absolute atomic E-state index is 0.197. The fourth-order valence-corrected chi connectivity index (χ4v) is 2.60. The quantitative estimate of drug-likeness (QED) is 0.796. The molecule has 0 spiro atoms. The van der Waals surface area contributed by atoms with Gasteiger partial charge in [0.1, 0.15) is 0 Å². The second kappa shape index (κ2) is 7.14. The van der Waals surface area contributed by atoms with Crippen LogP contribution in [0, 0.1) is 6.92 Å². The molecule has 1 aromatic carbocycles. The second-order valence-electron chi connectivity index (χ2n) is 4.74. The summed E-state index contributed by atoms with van der Waals surface area (Å²) >= 11 is 9.34. The molecule has 1 heterocycles. The smallest absolute Gasteiger partial charge is 0.339 e. The Morgan fingerprint density at radius 2 is 2.13 bits per heavy atom. The van der Waals surface area contributed by atoms with Crippen LogP contribution in [0.1, 0.15) is 33.5 Å². The Bertz CT molecular complexity index is 774. The van der Waals surface area contributed by atoms with Crippen molar-refractivity contribution < 1.29 is 14.3 Å². The van der Waals surface area contributed by atoms with E-state index in [1.807, 2.05) is 6.92 Å². The molecule has 8 heteroatoms. The standard InChI is InChI=1S/C15H15BrClN3O3/c1-4-23-15(22)10-7-9(5-6-11(10)17)18-14(21)13-12(16)8(2)20(3)19-13/h5-7H,4H2,1-3H3,(H,18,21). The van der Waals surface area contributed by atoms with Crippen LogP contribution < -0.4 is 5.32 Å². The first-order valence-corrected chi connectivity index (χ1v) is 7.99. The van der Waals surface area contributed by atoms with E-state index in [1.165, 1.54) is 12.1 Å². The number of rotatable bonds is 4. The van der Waals surface area contributed by atoms with Crippen LogP contribution in [0.25, 0.3) is 0 Å². The Balaban J connectivity index is 2.26. The van der Waals surface area contributed by atoms with Crippen molar-refractivity contribution in [3.05, 3.63) is 44.6 Å². The molecule has 1 amide bonds. The molecule has 23 heavy (non-hydrogen) atoms. The Labute approximate surface area is 146 Å². The number of esters is 1. The minimum atomic E-state index is -0.538. The van der Waals surface area contributed by atoms with Crippen molar-refractivity contribution in [2.24, 2.45) is 7.05 Å². The van der Waals surface area contributed by atoms with Crippen LogP contribution in [0.3, 0.4) is 0 Å². The minimum Gasteiger partial charge on any atom is -0.462 e. The van der Waals surface area contributed by atoms with Crippen LogP contribution in [0.2, 0.25) is 5.02 Å². The topological polar surface area (TPSA) is 73.2 Å². The average Bonchev–Trinajstić information content (AvgIpc) is 2.77. The molecule has 2 aromatic rings. The van der Waals surface area contributed by atoms with Crippen molar-refractivity contribution >= 4 is 45.1 Å². The van der Waals surface area contributed by atoms with Gasteiger partial charge in [-0.2, -0.15) is 5.10 Å². The monoisotopic (exact) mass is 399 g/mol. The lowest BCUT2D eigenvalue weighted by molar-refractivity contribution is 0.0526. The molecule has 0 fully saturated rings. The number of aromatic nitrogens is 2. The summed E-state index contributed by atoms with van der Waals surface area (Å²) in [4.78, 5) is 24.2. The number of hydrogen-bond acceptors (Lipinski definition) is 4. The molecular weight excluding hydrogens is 386 g/mol. The molecule has 0 unspecified atom stereocenters. The molecule has 0 bridgehead atoms. The number of carbonyl (C=O) groups is 2. The van der Waals surface area contributed by atoms with Gasteiger partial charge in [-0.15, -0.1) is 0 Å². The number of nitrogens with zero attached hydrogens (tertiary/aromatic N) is 2. The largest absolute Gasteiger partial charge is 0.462 e. The summed E-state index contributed by atoms with van der Waals surface area (Å²) < 4.78 is 7.16. The molecule has 0 aliphatic rings. The summed E-state index contributed by atoms with van der Waals surface area (Å²) in [7, 11) is 1.75. The van der Waals surface area contributed by atoms with Crippen molar-refractivity contribution in [2.45, 2.75) is 13.8 Å². The molecule has 0 radical (unpaired) electrons. The first-order chi connectivity index (χ1) is 10.8. The van der Waals surface area contributed by atoms with Gasteiger partial charge in [0.2, 0.25) is 0 Å². The lowest BCUT2D eigenvalue weighted by atomic mass is 10.2. The number of ether oxygens (including phenoxy) is 1. The van der Waals surface area contributed by atoms with Crippen LogP contribution in [0.4, 0.5) is 5.69 Å². The molecule has 6 nitrogen and oxygen atoms in total. The highest BCUT2D eigenvalue weighted by Crippen LogP contribution is 2.24. The first kappa shape index (κ1) is 17.5. The highest BCUT2D eigenvalue weighted by Gasteiger charge is 2.19. The summed E-state index contributed by atoms with van der Waals surface area (Å²) in [6.07, 6.45) is 0. The number of hydrogen-bond donors (Lipinski definition) is 1. The highest BCUT2D eigenvalue weighted by molar-refractivity contribution is 9.10. The average molecular weight is 401 g/mol. The predicted molar refractivity (Wildman–Crippen MR) is 91.0 cm³/mol. The molecule has 2 rings (SSSR count). The van der Waals surface area contributed by atoms with Crippen LogP contribution in [0.15, 0.2) is 22.7 Å². The summed E-state index contributed by atoms with van der Waals surface area (Å²) in [5.41, 5.74) is 1.72. The van der Waals surface area contributed by atoms with E-state index in [9.17, 15) is 9.59 Å². The van der Waals surface area contributed by atoms with Gasteiger partial charge in [-0.1, -0.05) is 11.6 Å². The van der Waals surface area contributed by atoms with Gasteiger partial charge in [0.25, 0.3) is 5.91 Å². The number of nitrogens with one attached hydrogen (secondary N) is 1. The van der Waals surface area contributed by atoms with E-state index in [-0.39, 0.29) is 22.9 Å². The van der Waals surface area contributed by atoms with Gasteiger partial charge < -0.3 is 10.1 Å². The van der Waals surface area contributed by atoms with Crippen LogP contribution in [-0.4, -0.2) is 28.3 Å². The van der Waals surface area contributed by atoms with E-state index >= 15 is 0 Å². The number of carbonyl (C=O) groups excluding carboxylic acids is 2. The predicted octanol–water partition coefficient (Wildman–Crippen LogP) is 3.57. The van der Waals surface area contributed by atoms with Crippen molar-refractivity contribution in [3.63, 3.8) is 0 Å². The zero-order valence-corrected chi connectivity index (χ0v) is 15.2. The van der Waals surface area contributed by atoms with Crippen molar-refractivity contribution in [1.29, 1.82) is 0 Å². The fourth-order valence-electron chi connectivity index (χ4n) is 1.89. The summed E-state index contributed by atoms with van der Waals surface area (Å²) in [5.74, 6) is -0.929. The normalized spacial score (nSPS) is 10.5. The first-order valence-electron chi connectivity index (χ1n) is 6.82. The Hall–Kier alpha value is -1.86. The third-order valence-corrected chi connectivity index (χ3v) is 4.47. The number of aryl methyl sites for hydroxylation is 1. The zero-order valence-electron chi connectivity index (χ0n) is 12.8. The Morgan fingerprint density at radius 3 is 2.70 bits per heavy atom. The summed E-state index contributed by atoms with van der Waals surface area (Å²) in [5, 5.41) is 7.10. The van der Waals surface area contributed by atoms with Gasteiger partial charge >= 0.3 is 5.97 Å². The fraction of sp³-hybridized carbons (Fsp3) is 0.267. The maximum Gasteiger partial charge on any atom is 0.339 e. The van der Waals surface area contributed by atoms with Crippen LogP contribution in [-0.2, 0) is 11.8 Å². The van der Waals surface area contributed by atoms with E-state index in [0.717, 1.165) is 5.69 Å².